The van der Waals surface area contributed by atoms with Gasteiger partial charge in [0, 0.05) is 11.3 Å². The molecule has 0 saturated heterocycles. The molecule has 0 aliphatic carbocycles. The second kappa shape index (κ2) is 11.2. The van der Waals surface area contributed by atoms with E-state index in [4.69, 9.17) is 4.74 Å². The molecule has 3 N–H and O–H groups in total. The van der Waals surface area contributed by atoms with Crippen LogP contribution in [0.4, 0.5) is 15.6 Å². The van der Waals surface area contributed by atoms with E-state index < -0.39 is 23.9 Å². The number of aromatic nitrogens is 2. The van der Waals surface area contributed by atoms with E-state index in [0.29, 0.717) is 21.4 Å². The number of urea groups is 1. The van der Waals surface area contributed by atoms with E-state index in [1.807, 2.05) is 44.2 Å². The molecule has 0 spiro atoms. The number of amides is 3. The van der Waals surface area contributed by atoms with Gasteiger partial charge < -0.3 is 15.4 Å². The van der Waals surface area contributed by atoms with Gasteiger partial charge in [-0.15, -0.1) is 10.2 Å². The lowest BCUT2D eigenvalue weighted by Crippen LogP contribution is -2.48. The van der Waals surface area contributed by atoms with Crippen molar-refractivity contribution in [1.29, 1.82) is 0 Å². The summed E-state index contributed by atoms with van der Waals surface area (Å²) in [6, 6.07) is 14.5. The average Bonchev–Trinajstić information content (AvgIpc) is 3.27. The highest BCUT2D eigenvalue weighted by atomic mass is 32.1. The number of hydrogen-bond donors (Lipinski definition) is 3. The molecule has 9 nitrogen and oxygen atoms in total. The minimum atomic E-state index is -0.798. The van der Waals surface area contributed by atoms with Gasteiger partial charge in [0.2, 0.25) is 11.0 Å². The molecule has 1 atom stereocenters. The number of benzene rings is 2. The predicted molar refractivity (Wildman–Crippen MR) is 127 cm³/mol. The van der Waals surface area contributed by atoms with Crippen LogP contribution in [-0.2, 0) is 9.53 Å². The van der Waals surface area contributed by atoms with Crippen LogP contribution in [0.25, 0.3) is 10.6 Å². The Morgan fingerprint density at radius 3 is 2.30 bits per heavy atom. The highest BCUT2D eigenvalue weighted by Gasteiger charge is 2.25. The van der Waals surface area contributed by atoms with Gasteiger partial charge in [-0.2, -0.15) is 0 Å². The Morgan fingerprint density at radius 2 is 1.67 bits per heavy atom. The van der Waals surface area contributed by atoms with Crippen LogP contribution in [0.3, 0.4) is 0 Å². The fourth-order valence-electron chi connectivity index (χ4n) is 2.90. The van der Waals surface area contributed by atoms with E-state index in [0.717, 1.165) is 5.56 Å². The second-order valence-corrected chi connectivity index (χ2v) is 8.36. The maximum Gasteiger partial charge on any atom is 0.338 e. The van der Waals surface area contributed by atoms with Crippen molar-refractivity contribution >= 4 is 40.1 Å². The number of rotatable bonds is 8. The van der Waals surface area contributed by atoms with Crippen molar-refractivity contribution in [2.75, 3.05) is 17.2 Å². The highest BCUT2D eigenvalue weighted by Crippen LogP contribution is 2.26. The molecule has 1 heterocycles. The predicted octanol–water partition coefficient (Wildman–Crippen LogP) is 4.17. The summed E-state index contributed by atoms with van der Waals surface area (Å²) < 4.78 is 4.94. The van der Waals surface area contributed by atoms with Crippen LogP contribution in [0.5, 0.6) is 0 Å². The van der Waals surface area contributed by atoms with Gasteiger partial charge in [-0.1, -0.05) is 55.5 Å². The van der Waals surface area contributed by atoms with Crippen LogP contribution in [0.15, 0.2) is 54.6 Å². The van der Waals surface area contributed by atoms with Crippen molar-refractivity contribution in [3.05, 3.63) is 60.2 Å². The van der Waals surface area contributed by atoms with Crippen molar-refractivity contribution in [3.63, 3.8) is 0 Å². The summed E-state index contributed by atoms with van der Waals surface area (Å²) in [5.41, 5.74) is 1.76. The Hall–Kier alpha value is -3.79. The van der Waals surface area contributed by atoms with Gasteiger partial charge >= 0.3 is 12.0 Å². The van der Waals surface area contributed by atoms with E-state index in [1.165, 1.54) is 11.3 Å². The number of ether oxygens (including phenoxy) is 1. The van der Waals surface area contributed by atoms with Gasteiger partial charge in [0.15, 0.2) is 0 Å². The molecule has 0 bridgehead atoms. The number of carbonyl (C=O) groups is 3. The molecule has 0 fully saturated rings. The summed E-state index contributed by atoms with van der Waals surface area (Å²) in [6.45, 7) is 5.67. The molecule has 10 heteroatoms. The molecule has 1 unspecified atom stereocenters. The normalized spacial score (nSPS) is 11.5. The number of esters is 1. The largest absolute Gasteiger partial charge is 0.462 e. The Balaban J connectivity index is 1.59. The first kappa shape index (κ1) is 23.9. The van der Waals surface area contributed by atoms with Gasteiger partial charge in [0.05, 0.1) is 12.2 Å². The van der Waals surface area contributed by atoms with Gasteiger partial charge in [-0.25, -0.2) is 9.59 Å². The molecule has 0 saturated carbocycles. The van der Waals surface area contributed by atoms with Crippen LogP contribution in [0, 0.1) is 5.92 Å². The van der Waals surface area contributed by atoms with E-state index in [-0.39, 0.29) is 12.5 Å². The number of anilines is 2. The highest BCUT2D eigenvalue weighted by molar-refractivity contribution is 7.18. The molecule has 3 rings (SSSR count). The third kappa shape index (κ3) is 6.59. The molecular formula is C23H25N5O4S. The van der Waals surface area contributed by atoms with Crippen molar-refractivity contribution in [3.8, 4) is 10.6 Å². The fourth-order valence-corrected chi connectivity index (χ4v) is 3.65. The summed E-state index contributed by atoms with van der Waals surface area (Å²) in [7, 11) is 0. The first-order valence-corrected chi connectivity index (χ1v) is 11.2. The van der Waals surface area contributed by atoms with E-state index in [1.54, 1.807) is 31.2 Å². The monoisotopic (exact) mass is 467 g/mol. The summed E-state index contributed by atoms with van der Waals surface area (Å²) in [6.07, 6.45) is 0. The number of nitrogens with zero attached hydrogens (tertiary/aromatic N) is 2. The van der Waals surface area contributed by atoms with E-state index in [9.17, 15) is 14.4 Å². The number of nitrogens with one attached hydrogen (secondary N) is 3. The summed E-state index contributed by atoms with van der Waals surface area (Å²) in [5.74, 6) is -1.01. The third-order valence-corrected chi connectivity index (χ3v) is 5.45. The summed E-state index contributed by atoms with van der Waals surface area (Å²) in [4.78, 5) is 37.0. The van der Waals surface area contributed by atoms with E-state index >= 15 is 0 Å². The van der Waals surface area contributed by atoms with Crippen molar-refractivity contribution in [1.82, 2.24) is 15.5 Å². The lowest BCUT2D eigenvalue weighted by molar-refractivity contribution is -0.118. The molecule has 0 aliphatic rings. The quantitative estimate of drug-likeness (QED) is 0.428. The Kier molecular flexibility index (Phi) is 8.09. The van der Waals surface area contributed by atoms with E-state index in [2.05, 4.69) is 26.1 Å². The Morgan fingerprint density at radius 1 is 0.970 bits per heavy atom. The number of carbonyl (C=O) groups excluding carboxylic acids is 3. The minimum Gasteiger partial charge on any atom is -0.462 e. The minimum absolute atomic E-state index is 0.177. The lowest BCUT2D eigenvalue weighted by atomic mass is 10.0. The van der Waals surface area contributed by atoms with Gasteiger partial charge in [0.1, 0.15) is 11.0 Å². The topological polar surface area (TPSA) is 122 Å². The van der Waals surface area contributed by atoms with Gasteiger partial charge in [-0.3, -0.25) is 10.1 Å². The Labute approximate surface area is 195 Å². The van der Waals surface area contributed by atoms with Crippen LogP contribution in [0.1, 0.15) is 31.1 Å². The molecule has 3 amide bonds. The van der Waals surface area contributed by atoms with Gasteiger partial charge in [0.25, 0.3) is 0 Å². The van der Waals surface area contributed by atoms with Crippen LogP contribution < -0.4 is 16.0 Å². The summed E-state index contributed by atoms with van der Waals surface area (Å²) in [5, 5.41) is 17.2. The van der Waals surface area contributed by atoms with Crippen molar-refractivity contribution in [2.24, 2.45) is 5.92 Å². The third-order valence-electron chi connectivity index (χ3n) is 4.57. The number of hydrogen-bond acceptors (Lipinski definition) is 7. The van der Waals surface area contributed by atoms with Crippen LogP contribution in [-0.4, -0.2) is 40.8 Å². The SMILES string of the molecule is CCOC(=O)c1ccc(NC(=O)NC(C(=O)Nc2nnc(-c3ccccc3)s2)C(C)C)cc1. The average molecular weight is 468 g/mol. The molecular weight excluding hydrogens is 442 g/mol. The summed E-state index contributed by atoms with van der Waals surface area (Å²) >= 11 is 1.25. The first-order valence-electron chi connectivity index (χ1n) is 10.4. The lowest BCUT2D eigenvalue weighted by Gasteiger charge is -2.21. The molecule has 0 aliphatic heterocycles. The molecule has 1 aromatic heterocycles. The maximum atomic E-state index is 12.8. The molecule has 33 heavy (non-hydrogen) atoms. The fraction of sp³-hybridized carbons (Fsp3) is 0.261. The maximum absolute atomic E-state index is 12.8. The van der Waals surface area contributed by atoms with Crippen molar-refractivity contribution < 1.29 is 19.1 Å². The standard InChI is InChI=1S/C23H25N5O4S/c1-4-32-21(30)16-10-12-17(13-11-16)24-22(31)25-18(14(2)3)19(29)26-23-28-27-20(33-23)15-8-6-5-7-9-15/h5-14,18H,4H2,1-3H3,(H2,24,25,31)(H,26,28,29). The zero-order valence-corrected chi connectivity index (χ0v) is 19.3. The van der Waals surface area contributed by atoms with Crippen LogP contribution >= 0.6 is 11.3 Å². The second-order valence-electron chi connectivity index (χ2n) is 7.39. The van der Waals surface area contributed by atoms with Gasteiger partial charge in [-0.05, 0) is 37.1 Å². The first-order chi connectivity index (χ1) is 15.9. The van der Waals surface area contributed by atoms with Crippen LogP contribution in [0.2, 0.25) is 0 Å². The molecule has 172 valence electrons. The molecule has 3 aromatic rings. The zero-order chi connectivity index (χ0) is 23.8. The van der Waals surface area contributed by atoms with Crippen molar-refractivity contribution in [2.45, 2.75) is 26.8 Å². The zero-order valence-electron chi connectivity index (χ0n) is 18.5. The molecule has 2 aromatic carbocycles. The Bertz CT molecular complexity index is 1100. The smallest absolute Gasteiger partial charge is 0.338 e. The molecule has 0 radical (unpaired) electrons.